The maximum Gasteiger partial charge on any atom is 0.314 e. The van der Waals surface area contributed by atoms with Crippen LogP contribution in [-0.2, 0) is 0 Å². The minimum absolute atomic E-state index is 0.0711. The van der Waals surface area contributed by atoms with Gasteiger partial charge in [-0.3, -0.25) is 4.90 Å². The average molecular weight is 332 g/mol. The van der Waals surface area contributed by atoms with Gasteiger partial charge in [-0.2, -0.15) is 0 Å². The van der Waals surface area contributed by atoms with Crippen LogP contribution in [0, 0.1) is 5.92 Å². The zero-order chi connectivity index (χ0) is 17.5. The van der Waals surface area contributed by atoms with Gasteiger partial charge in [0.2, 0.25) is 0 Å². The molecule has 2 N–H and O–H groups in total. The van der Waals surface area contributed by atoms with Gasteiger partial charge in [0.15, 0.2) is 0 Å². The number of carbonyl (C=O) groups excluding carboxylic acids is 1. The van der Waals surface area contributed by atoms with Gasteiger partial charge in [0.25, 0.3) is 0 Å². The van der Waals surface area contributed by atoms with Crippen LogP contribution < -0.4 is 10.6 Å². The van der Waals surface area contributed by atoms with Crippen molar-refractivity contribution in [2.45, 2.75) is 25.8 Å². The van der Waals surface area contributed by atoms with Gasteiger partial charge in [0.05, 0.1) is 0 Å². The average Bonchev–Trinajstić information content (AvgIpc) is 2.56. The molecule has 0 unspecified atom stereocenters. The van der Waals surface area contributed by atoms with Crippen LogP contribution in [0.25, 0.3) is 0 Å². The van der Waals surface area contributed by atoms with Crippen LogP contribution in [0.15, 0.2) is 30.3 Å². The second kappa shape index (κ2) is 9.04. The number of piperazine rings is 1. The second-order valence-electron chi connectivity index (χ2n) is 7.25. The maximum atomic E-state index is 12.2. The summed E-state index contributed by atoms with van der Waals surface area (Å²) in [5, 5.41) is 6.08. The molecule has 134 valence electrons. The molecule has 1 aliphatic rings. The number of nitrogens with one attached hydrogen (secondary N) is 2. The van der Waals surface area contributed by atoms with Gasteiger partial charge in [-0.1, -0.05) is 44.2 Å². The van der Waals surface area contributed by atoms with E-state index in [4.69, 9.17) is 0 Å². The van der Waals surface area contributed by atoms with E-state index in [-0.39, 0.29) is 6.03 Å². The van der Waals surface area contributed by atoms with Crippen molar-refractivity contribution in [3.63, 3.8) is 0 Å². The fourth-order valence-corrected chi connectivity index (χ4v) is 3.24. The first kappa shape index (κ1) is 18.7. The molecule has 2 atom stereocenters. The number of nitrogens with zero attached hydrogens (tertiary/aromatic N) is 2. The van der Waals surface area contributed by atoms with Crippen LogP contribution in [-0.4, -0.2) is 68.7 Å². The van der Waals surface area contributed by atoms with Crippen LogP contribution in [0.5, 0.6) is 0 Å². The van der Waals surface area contributed by atoms with Crippen LogP contribution in [0.1, 0.15) is 25.3 Å². The van der Waals surface area contributed by atoms with E-state index in [0.717, 1.165) is 19.6 Å². The molecule has 0 saturated carbocycles. The molecule has 0 aliphatic carbocycles. The molecule has 24 heavy (non-hydrogen) atoms. The molecule has 5 heteroatoms. The van der Waals surface area contributed by atoms with E-state index in [9.17, 15) is 4.79 Å². The molecule has 5 nitrogen and oxygen atoms in total. The van der Waals surface area contributed by atoms with Gasteiger partial charge >= 0.3 is 6.03 Å². The van der Waals surface area contributed by atoms with E-state index < -0.39 is 0 Å². The Hall–Kier alpha value is -1.59. The molecule has 1 aromatic rings. The fourth-order valence-electron chi connectivity index (χ4n) is 3.24. The number of rotatable bonds is 6. The summed E-state index contributed by atoms with van der Waals surface area (Å²) in [6.45, 7) is 8.88. The molecule has 1 heterocycles. The molecule has 2 amide bonds. The molecular formula is C19H32N4O. The largest absolute Gasteiger partial charge is 0.338 e. The number of amides is 2. The van der Waals surface area contributed by atoms with Crippen molar-refractivity contribution in [2.75, 3.05) is 46.8 Å². The Bertz CT molecular complexity index is 505. The molecule has 1 aromatic carbocycles. The maximum absolute atomic E-state index is 12.2. The SMILES string of the molecule is CC(C)[C@@H](CNC(=O)NC[C@@H]1CN(C)CCN1C)c1ccccc1. The smallest absolute Gasteiger partial charge is 0.314 e. The van der Waals surface area contributed by atoms with E-state index in [1.165, 1.54) is 5.56 Å². The van der Waals surface area contributed by atoms with Gasteiger partial charge in [0, 0.05) is 44.7 Å². The van der Waals surface area contributed by atoms with Crippen molar-refractivity contribution in [3.05, 3.63) is 35.9 Å². The van der Waals surface area contributed by atoms with Gasteiger partial charge in [-0.25, -0.2) is 4.79 Å². The van der Waals surface area contributed by atoms with Crippen LogP contribution in [0.4, 0.5) is 4.79 Å². The number of likely N-dealkylation sites (N-methyl/N-ethyl adjacent to an activating group) is 2. The number of urea groups is 1. The zero-order valence-corrected chi connectivity index (χ0v) is 15.5. The van der Waals surface area contributed by atoms with Gasteiger partial charge < -0.3 is 15.5 Å². The number of carbonyl (C=O) groups is 1. The first-order chi connectivity index (χ1) is 11.5. The Balaban J connectivity index is 1.79. The molecule has 0 bridgehead atoms. The quantitative estimate of drug-likeness (QED) is 0.837. The number of benzene rings is 1. The number of hydrogen-bond donors (Lipinski definition) is 2. The zero-order valence-electron chi connectivity index (χ0n) is 15.5. The molecule has 0 spiro atoms. The normalized spacial score (nSPS) is 20.8. The van der Waals surface area contributed by atoms with Crippen molar-refractivity contribution >= 4 is 6.03 Å². The third-order valence-corrected chi connectivity index (χ3v) is 4.99. The predicted molar refractivity (Wildman–Crippen MR) is 99.3 cm³/mol. The van der Waals surface area contributed by atoms with Crippen molar-refractivity contribution in [2.24, 2.45) is 5.92 Å². The lowest BCUT2D eigenvalue weighted by Crippen LogP contribution is -2.55. The Morgan fingerprint density at radius 1 is 1.17 bits per heavy atom. The van der Waals surface area contributed by atoms with Crippen molar-refractivity contribution in [3.8, 4) is 0 Å². The Kier molecular flexibility index (Phi) is 7.06. The van der Waals surface area contributed by atoms with Crippen LogP contribution in [0.2, 0.25) is 0 Å². The summed E-state index contributed by atoms with van der Waals surface area (Å²) in [6.07, 6.45) is 0. The molecule has 1 aliphatic heterocycles. The van der Waals surface area contributed by atoms with Gasteiger partial charge in [-0.05, 0) is 25.6 Å². The van der Waals surface area contributed by atoms with Crippen LogP contribution >= 0.6 is 0 Å². The Labute approximate surface area is 146 Å². The lowest BCUT2D eigenvalue weighted by molar-refractivity contribution is 0.114. The molecule has 1 saturated heterocycles. The lowest BCUT2D eigenvalue weighted by Gasteiger charge is -2.37. The summed E-state index contributed by atoms with van der Waals surface area (Å²) < 4.78 is 0. The first-order valence-corrected chi connectivity index (χ1v) is 8.92. The molecule has 2 rings (SSSR count). The summed E-state index contributed by atoms with van der Waals surface area (Å²) in [7, 11) is 4.26. The van der Waals surface area contributed by atoms with Crippen molar-refractivity contribution in [1.82, 2.24) is 20.4 Å². The standard InChI is InChI=1S/C19H32N4O/c1-15(2)18(16-8-6-5-7-9-16)13-21-19(24)20-12-17-14-22(3)10-11-23(17)4/h5-9,15,17-18H,10-14H2,1-4H3,(H2,20,21,24)/t17-,18-/m1/s1. The van der Waals surface area contributed by atoms with Crippen molar-refractivity contribution < 1.29 is 4.79 Å². The highest BCUT2D eigenvalue weighted by Crippen LogP contribution is 2.23. The first-order valence-electron chi connectivity index (χ1n) is 8.92. The van der Waals surface area contributed by atoms with Gasteiger partial charge in [-0.15, -0.1) is 0 Å². The molecule has 0 aromatic heterocycles. The van der Waals surface area contributed by atoms with E-state index >= 15 is 0 Å². The van der Waals surface area contributed by atoms with Gasteiger partial charge in [0.1, 0.15) is 0 Å². The third-order valence-electron chi connectivity index (χ3n) is 4.99. The third kappa shape index (κ3) is 5.49. The molecule has 0 radical (unpaired) electrons. The number of hydrogen-bond acceptors (Lipinski definition) is 3. The van der Waals surface area contributed by atoms with E-state index in [2.05, 4.69) is 72.6 Å². The minimum atomic E-state index is -0.0711. The second-order valence-corrected chi connectivity index (χ2v) is 7.25. The summed E-state index contributed by atoms with van der Waals surface area (Å²) in [4.78, 5) is 16.8. The van der Waals surface area contributed by atoms with E-state index in [1.54, 1.807) is 0 Å². The summed E-state index contributed by atoms with van der Waals surface area (Å²) in [5.41, 5.74) is 1.28. The van der Waals surface area contributed by atoms with Crippen molar-refractivity contribution in [1.29, 1.82) is 0 Å². The molecular weight excluding hydrogens is 300 g/mol. The summed E-state index contributed by atoms with van der Waals surface area (Å²) >= 11 is 0. The highest BCUT2D eigenvalue weighted by Gasteiger charge is 2.22. The monoisotopic (exact) mass is 332 g/mol. The molecule has 1 fully saturated rings. The lowest BCUT2D eigenvalue weighted by atomic mass is 9.88. The summed E-state index contributed by atoms with van der Waals surface area (Å²) in [6, 6.07) is 10.7. The Morgan fingerprint density at radius 3 is 2.54 bits per heavy atom. The van der Waals surface area contributed by atoms with E-state index in [0.29, 0.717) is 31.0 Å². The van der Waals surface area contributed by atoms with Crippen LogP contribution in [0.3, 0.4) is 0 Å². The highest BCUT2D eigenvalue weighted by molar-refractivity contribution is 5.73. The minimum Gasteiger partial charge on any atom is -0.338 e. The highest BCUT2D eigenvalue weighted by atomic mass is 16.2. The summed E-state index contributed by atoms with van der Waals surface area (Å²) in [5.74, 6) is 0.811. The van der Waals surface area contributed by atoms with E-state index in [1.807, 2.05) is 6.07 Å². The Morgan fingerprint density at radius 2 is 1.88 bits per heavy atom. The topological polar surface area (TPSA) is 47.6 Å². The predicted octanol–water partition coefficient (Wildman–Crippen LogP) is 1.97. The fraction of sp³-hybridized carbons (Fsp3) is 0.632.